The van der Waals surface area contributed by atoms with Gasteiger partial charge < -0.3 is 5.32 Å². The zero-order chi connectivity index (χ0) is 19.3. The number of hydrogen-bond acceptors (Lipinski definition) is 8. The molecule has 0 unspecified atom stereocenters. The summed E-state index contributed by atoms with van der Waals surface area (Å²) in [6.07, 6.45) is 1.60. The Morgan fingerprint density at radius 1 is 1.07 bits per heavy atom. The lowest BCUT2D eigenvalue weighted by Crippen LogP contribution is -2.15. The maximum absolute atomic E-state index is 12.2. The van der Waals surface area contributed by atoms with Gasteiger partial charge >= 0.3 is 0 Å². The molecule has 0 atom stereocenters. The van der Waals surface area contributed by atoms with E-state index < -0.39 is 0 Å². The number of hydrogen-bond donors (Lipinski definition) is 2. The van der Waals surface area contributed by atoms with Crippen molar-refractivity contribution in [1.29, 1.82) is 0 Å². The summed E-state index contributed by atoms with van der Waals surface area (Å²) in [5, 5.41) is 22.3. The van der Waals surface area contributed by atoms with Crippen LogP contribution in [0.5, 0.6) is 0 Å². The molecule has 0 spiro atoms. The SMILES string of the molecule is O=C(Cc1csc(NC(=O)c2ccsc2)n1)Nc1ccc(-n2cnnn2)cc1. The second-order valence-electron chi connectivity index (χ2n) is 5.64. The van der Waals surface area contributed by atoms with Crippen LogP contribution >= 0.6 is 22.7 Å². The Morgan fingerprint density at radius 3 is 2.64 bits per heavy atom. The molecule has 4 rings (SSSR count). The number of anilines is 2. The molecule has 0 fully saturated rings. The number of carbonyl (C=O) groups excluding carboxylic acids is 2. The number of nitrogens with zero attached hydrogens (tertiary/aromatic N) is 5. The second kappa shape index (κ2) is 8.06. The van der Waals surface area contributed by atoms with Crippen molar-refractivity contribution in [3.8, 4) is 5.69 Å². The number of nitrogens with one attached hydrogen (secondary N) is 2. The van der Waals surface area contributed by atoms with Crippen molar-refractivity contribution in [1.82, 2.24) is 25.2 Å². The standard InChI is InChI=1S/C17H13N7O2S2/c25-15(19-12-1-3-14(4-2-12)24-10-18-22-23-24)7-13-9-28-17(20-13)21-16(26)11-5-6-27-8-11/h1-6,8-10H,7H2,(H,19,25)(H,20,21,26). The topological polar surface area (TPSA) is 115 Å². The molecule has 0 aliphatic heterocycles. The van der Waals surface area contributed by atoms with Gasteiger partial charge in [0.1, 0.15) is 6.33 Å². The summed E-state index contributed by atoms with van der Waals surface area (Å²) in [7, 11) is 0. The van der Waals surface area contributed by atoms with E-state index in [0.29, 0.717) is 22.1 Å². The van der Waals surface area contributed by atoms with Crippen LogP contribution in [-0.2, 0) is 11.2 Å². The summed E-state index contributed by atoms with van der Waals surface area (Å²) in [5.41, 5.74) is 2.62. The number of benzene rings is 1. The van der Waals surface area contributed by atoms with E-state index in [0.717, 1.165) is 5.69 Å². The average molecular weight is 411 g/mol. The lowest BCUT2D eigenvalue weighted by atomic mass is 10.2. The third kappa shape index (κ3) is 4.27. The molecule has 11 heteroatoms. The van der Waals surface area contributed by atoms with Gasteiger partial charge in [-0.05, 0) is 46.1 Å². The normalized spacial score (nSPS) is 10.6. The molecule has 3 heterocycles. The number of tetrazole rings is 1. The number of thiophene rings is 1. The number of aromatic nitrogens is 5. The molecule has 9 nitrogen and oxygen atoms in total. The van der Waals surface area contributed by atoms with Crippen LogP contribution < -0.4 is 10.6 Å². The molecule has 4 aromatic rings. The first-order valence-corrected chi connectivity index (χ1v) is 9.91. The van der Waals surface area contributed by atoms with Gasteiger partial charge in [0.05, 0.1) is 23.4 Å². The first kappa shape index (κ1) is 17.9. The number of thiazole rings is 1. The fraction of sp³-hybridized carbons (Fsp3) is 0.0588. The Balaban J connectivity index is 1.33. The van der Waals surface area contributed by atoms with Gasteiger partial charge in [0.25, 0.3) is 5.91 Å². The third-order valence-electron chi connectivity index (χ3n) is 3.66. The minimum absolute atomic E-state index is 0.111. The molecule has 2 N–H and O–H groups in total. The van der Waals surface area contributed by atoms with E-state index in [1.807, 2.05) is 5.38 Å². The zero-order valence-corrected chi connectivity index (χ0v) is 15.9. The summed E-state index contributed by atoms with van der Waals surface area (Å²) in [5.74, 6) is -0.412. The molecule has 0 bridgehead atoms. The summed E-state index contributed by atoms with van der Waals surface area (Å²) in [6, 6.07) is 8.87. The van der Waals surface area contributed by atoms with Crippen molar-refractivity contribution in [2.75, 3.05) is 10.6 Å². The third-order valence-corrected chi connectivity index (χ3v) is 5.15. The molecule has 0 radical (unpaired) electrons. The predicted octanol–water partition coefficient (Wildman–Crippen LogP) is 2.61. The van der Waals surface area contributed by atoms with E-state index in [1.165, 1.54) is 33.7 Å². The molecule has 28 heavy (non-hydrogen) atoms. The van der Waals surface area contributed by atoms with Crippen molar-refractivity contribution in [3.63, 3.8) is 0 Å². The highest BCUT2D eigenvalue weighted by Gasteiger charge is 2.12. The Kier molecular flexibility index (Phi) is 5.17. The highest BCUT2D eigenvalue weighted by Crippen LogP contribution is 2.18. The van der Waals surface area contributed by atoms with E-state index in [-0.39, 0.29) is 18.2 Å². The monoisotopic (exact) mass is 411 g/mol. The zero-order valence-electron chi connectivity index (χ0n) is 14.3. The molecule has 3 aromatic heterocycles. The van der Waals surface area contributed by atoms with Crippen LogP contribution in [0.1, 0.15) is 16.1 Å². The van der Waals surface area contributed by atoms with Crippen LogP contribution in [0.3, 0.4) is 0 Å². The molecule has 0 saturated heterocycles. The van der Waals surface area contributed by atoms with Gasteiger partial charge in [-0.1, -0.05) is 0 Å². The molecular weight excluding hydrogens is 398 g/mol. The quantitative estimate of drug-likeness (QED) is 0.504. The van der Waals surface area contributed by atoms with Gasteiger partial charge in [-0.3, -0.25) is 14.9 Å². The maximum atomic E-state index is 12.2. The average Bonchev–Trinajstić information content (AvgIpc) is 3.45. The largest absolute Gasteiger partial charge is 0.326 e. The summed E-state index contributed by atoms with van der Waals surface area (Å²) in [6.45, 7) is 0. The van der Waals surface area contributed by atoms with Gasteiger partial charge in [-0.15, -0.1) is 16.4 Å². The number of amides is 2. The van der Waals surface area contributed by atoms with Crippen molar-refractivity contribution >= 4 is 45.3 Å². The van der Waals surface area contributed by atoms with Crippen molar-refractivity contribution in [2.45, 2.75) is 6.42 Å². The minimum atomic E-state index is -0.214. The van der Waals surface area contributed by atoms with Crippen LogP contribution in [0.25, 0.3) is 5.69 Å². The lowest BCUT2D eigenvalue weighted by molar-refractivity contribution is -0.115. The van der Waals surface area contributed by atoms with E-state index in [2.05, 4.69) is 31.1 Å². The van der Waals surface area contributed by atoms with Crippen molar-refractivity contribution in [3.05, 3.63) is 64.1 Å². The molecule has 0 aliphatic rings. The van der Waals surface area contributed by atoms with Gasteiger partial charge in [0.2, 0.25) is 5.91 Å². The summed E-state index contributed by atoms with van der Waals surface area (Å²) >= 11 is 2.73. The molecule has 0 saturated carbocycles. The van der Waals surface area contributed by atoms with E-state index in [9.17, 15) is 9.59 Å². The molecule has 140 valence electrons. The van der Waals surface area contributed by atoms with E-state index in [4.69, 9.17) is 0 Å². The predicted molar refractivity (Wildman–Crippen MR) is 106 cm³/mol. The minimum Gasteiger partial charge on any atom is -0.326 e. The van der Waals surface area contributed by atoms with Crippen molar-refractivity contribution < 1.29 is 9.59 Å². The summed E-state index contributed by atoms with van der Waals surface area (Å²) < 4.78 is 1.52. The Labute approximate surface area is 167 Å². The van der Waals surface area contributed by atoms with Crippen molar-refractivity contribution in [2.24, 2.45) is 0 Å². The number of carbonyl (C=O) groups is 2. The first-order chi connectivity index (χ1) is 13.7. The lowest BCUT2D eigenvalue weighted by Gasteiger charge is -2.05. The van der Waals surface area contributed by atoms with Crippen LogP contribution in [0.2, 0.25) is 0 Å². The van der Waals surface area contributed by atoms with E-state index in [1.54, 1.807) is 41.1 Å². The second-order valence-corrected chi connectivity index (χ2v) is 7.27. The highest BCUT2D eigenvalue weighted by atomic mass is 32.1. The van der Waals surface area contributed by atoms with Gasteiger partial charge in [-0.2, -0.15) is 11.3 Å². The highest BCUT2D eigenvalue weighted by molar-refractivity contribution is 7.14. The maximum Gasteiger partial charge on any atom is 0.258 e. The fourth-order valence-electron chi connectivity index (χ4n) is 2.36. The van der Waals surface area contributed by atoms with Crippen LogP contribution in [0.4, 0.5) is 10.8 Å². The fourth-order valence-corrected chi connectivity index (χ4v) is 3.70. The Bertz CT molecular complexity index is 1070. The van der Waals surface area contributed by atoms with Gasteiger partial charge in [-0.25, -0.2) is 9.67 Å². The van der Waals surface area contributed by atoms with Crippen LogP contribution in [-0.4, -0.2) is 37.0 Å². The molecule has 1 aromatic carbocycles. The molecular formula is C17H13N7O2S2. The first-order valence-electron chi connectivity index (χ1n) is 8.08. The van der Waals surface area contributed by atoms with Gasteiger partial charge in [0.15, 0.2) is 5.13 Å². The van der Waals surface area contributed by atoms with E-state index >= 15 is 0 Å². The Morgan fingerprint density at radius 2 is 1.93 bits per heavy atom. The number of rotatable bonds is 6. The molecule has 2 amide bonds. The summed E-state index contributed by atoms with van der Waals surface area (Å²) in [4.78, 5) is 28.6. The van der Waals surface area contributed by atoms with Crippen LogP contribution in [0.15, 0.2) is 52.8 Å². The smallest absolute Gasteiger partial charge is 0.258 e. The van der Waals surface area contributed by atoms with Gasteiger partial charge in [0, 0.05) is 16.4 Å². The Hall–Kier alpha value is -3.44. The molecule has 0 aliphatic carbocycles. The van der Waals surface area contributed by atoms with Crippen LogP contribution in [0, 0.1) is 0 Å².